The van der Waals surface area contributed by atoms with Crippen LogP contribution in [0.15, 0.2) is 0 Å². The van der Waals surface area contributed by atoms with E-state index in [1.54, 1.807) is 0 Å². The molecule has 94 valence electrons. The Hall–Kier alpha value is -0.0800. The van der Waals surface area contributed by atoms with Gasteiger partial charge in [0, 0.05) is 12.6 Å². The molecule has 3 unspecified atom stereocenters. The Morgan fingerprint density at radius 2 is 2.06 bits per heavy atom. The van der Waals surface area contributed by atoms with Gasteiger partial charge in [-0.1, -0.05) is 26.7 Å². The summed E-state index contributed by atoms with van der Waals surface area (Å²) < 4.78 is 6.23. The van der Waals surface area contributed by atoms with Crippen LogP contribution in [0, 0.1) is 5.92 Å². The van der Waals surface area contributed by atoms with Gasteiger partial charge in [-0.05, 0) is 38.0 Å². The van der Waals surface area contributed by atoms with Gasteiger partial charge in [0.15, 0.2) is 0 Å². The maximum Gasteiger partial charge on any atom is 0.0700 e. The van der Waals surface area contributed by atoms with Gasteiger partial charge in [0.25, 0.3) is 0 Å². The summed E-state index contributed by atoms with van der Waals surface area (Å²) in [6.07, 6.45) is 10.2. The lowest BCUT2D eigenvalue weighted by molar-refractivity contribution is -0.0391. The molecule has 0 aromatic rings. The minimum absolute atomic E-state index is 0.441. The summed E-state index contributed by atoms with van der Waals surface area (Å²) in [5.74, 6) is 0.868. The number of hydrogen-bond acceptors (Lipinski definition) is 2. The van der Waals surface area contributed by atoms with Crippen LogP contribution < -0.4 is 5.32 Å². The van der Waals surface area contributed by atoms with Crippen LogP contribution >= 0.6 is 0 Å². The zero-order valence-electron chi connectivity index (χ0n) is 10.9. The Morgan fingerprint density at radius 1 is 1.25 bits per heavy atom. The third-order valence-electron chi connectivity index (χ3n) is 3.94. The Balaban J connectivity index is 1.67. The molecule has 0 amide bonds. The van der Waals surface area contributed by atoms with Crippen LogP contribution in [0.25, 0.3) is 0 Å². The van der Waals surface area contributed by atoms with Gasteiger partial charge in [-0.15, -0.1) is 0 Å². The molecule has 0 saturated heterocycles. The van der Waals surface area contributed by atoms with Gasteiger partial charge in [0.05, 0.1) is 12.2 Å². The molecule has 2 heteroatoms. The average molecular weight is 225 g/mol. The minimum Gasteiger partial charge on any atom is -0.374 e. The van der Waals surface area contributed by atoms with E-state index in [2.05, 4.69) is 19.2 Å². The highest BCUT2D eigenvalue weighted by molar-refractivity contribution is 4.82. The van der Waals surface area contributed by atoms with Crippen molar-refractivity contribution < 1.29 is 4.74 Å². The fourth-order valence-corrected chi connectivity index (χ4v) is 2.65. The lowest BCUT2D eigenvalue weighted by atomic mass is 9.88. The van der Waals surface area contributed by atoms with E-state index in [9.17, 15) is 0 Å². The lowest BCUT2D eigenvalue weighted by Gasteiger charge is -2.30. The molecular formula is C14H27NO. The minimum atomic E-state index is 0.441. The second-order valence-electron chi connectivity index (χ2n) is 5.74. The van der Waals surface area contributed by atoms with Gasteiger partial charge in [-0.3, -0.25) is 0 Å². The predicted molar refractivity (Wildman–Crippen MR) is 67.6 cm³/mol. The first-order chi connectivity index (χ1) is 7.78. The molecule has 0 spiro atoms. The van der Waals surface area contributed by atoms with Crippen molar-refractivity contribution in [3.8, 4) is 0 Å². The van der Waals surface area contributed by atoms with Crippen LogP contribution in [-0.4, -0.2) is 24.8 Å². The van der Waals surface area contributed by atoms with Crippen molar-refractivity contribution in [2.75, 3.05) is 6.54 Å². The molecule has 2 aliphatic rings. The SMILES string of the molecule is CCC(CNC1CC1)OC1CCCC(C)C1. The first kappa shape index (κ1) is 12.4. The highest BCUT2D eigenvalue weighted by Gasteiger charge is 2.24. The molecule has 0 aromatic heterocycles. The third kappa shape index (κ3) is 4.06. The molecule has 2 fully saturated rings. The third-order valence-corrected chi connectivity index (χ3v) is 3.94. The van der Waals surface area contributed by atoms with Crippen LogP contribution in [0.3, 0.4) is 0 Å². The molecule has 0 aliphatic heterocycles. The van der Waals surface area contributed by atoms with Crippen LogP contribution in [0.4, 0.5) is 0 Å². The molecule has 3 atom stereocenters. The van der Waals surface area contributed by atoms with Gasteiger partial charge < -0.3 is 10.1 Å². The zero-order valence-corrected chi connectivity index (χ0v) is 10.9. The molecular weight excluding hydrogens is 198 g/mol. The lowest BCUT2D eigenvalue weighted by Crippen LogP contribution is -2.34. The topological polar surface area (TPSA) is 21.3 Å². The maximum absolute atomic E-state index is 6.23. The van der Waals surface area contributed by atoms with Gasteiger partial charge in [0.1, 0.15) is 0 Å². The number of nitrogens with one attached hydrogen (secondary N) is 1. The largest absolute Gasteiger partial charge is 0.374 e. The molecule has 16 heavy (non-hydrogen) atoms. The van der Waals surface area contributed by atoms with Gasteiger partial charge >= 0.3 is 0 Å². The number of rotatable bonds is 6. The monoisotopic (exact) mass is 225 g/mol. The molecule has 0 radical (unpaired) electrons. The van der Waals surface area contributed by atoms with Crippen molar-refractivity contribution in [3.63, 3.8) is 0 Å². The predicted octanol–water partition coefficient (Wildman–Crippen LogP) is 3.11. The Kier molecular flexibility index (Phi) is 4.66. The summed E-state index contributed by atoms with van der Waals surface area (Å²) in [6, 6.07) is 0.808. The molecule has 2 nitrogen and oxygen atoms in total. The molecule has 2 saturated carbocycles. The fraction of sp³-hybridized carbons (Fsp3) is 1.00. The van der Waals surface area contributed by atoms with Crippen molar-refractivity contribution >= 4 is 0 Å². The Bertz CT molecular complexity index is 203. The maximum atomic E-state index is 6.23. The zero-order chi connectivity index (χ0) is 11.4. The van der Waals surface area contributed by atoms with Gasteiger partial charge in [-0.2, -0.15) is 0 Å². The van der Waals surface area contributed by atoms with Gasteiger partial charge in [-0.25, -0.2) is 0 Å². The first-order valence-electron chi connectivity index (χ1n) is 7.16. The Morgan fingerprint density at radius 3 is 2.69 bits per heavy atom. The van der Waals surface area contributed by atoms with E-state index in [0.717, 1.165) is 24.9 Å². The van der Waals surface area contributed by atoms with E-state index in [4.69, 9.17) is 4.74 Å². The summed E-state index contributed by atoms with van der Waals surface area (Å²) in [5.41, 5.74) is 0. The number of hydrogen-bond donors (Lipinski definition) is 1. The van der Waals surface area contributed by atoms with Crippen molar-refractivity contribution in [2.45, 2.75) is 77.0 Å². The van der Waals surface area contributed by atoms with Crippen molar-refractivity contribution in [1.82, 2.24) is 5.32 Å². The van der Waals surface area contributed by atoms with Crippen LogP contribution in [0.2, 0.25) is 0 Å². The fourth-order valence-electron chi connectivity index (χ4n) is 2.65. The van der Waals surface area contributed by atoms with Crippen LogP contribution in [0.1, 0.15) is 58.8 Å². The van der Waals surface area contributed by atoms with Crippen LogP contribution in [0.5, 0.6) is 0 Å². The first-order valence-corrected chi connectivity index (χ1v) is 7.16. The van der Waals surface area contributed by atoms with E-state index in [-0.39, 0.29) is 0 Å². The average Bonchev–Trinajstić information content (AvgIpc) is 3.08. The molecule has 0 aromatic carbocycles. The smallest absolute Gasteiger partial charge is 0.0700 e. The molecule has 0 bridgehead atoms. The van der Waals surface area contributed by atoms with E-state index >= 15 is 0 Å². The summed E-state index contributed by atoms with van der Waals surface area (Å²) in [4.78, 5) is 0. The van der Waals surface area contributed by atoms with E-state index in [1.807, 2.05) is 0 Å². The highest BCUT2D eigenvalue weighted by Crippen LogP contribution is 2.27. The molecule has 0 heterocycles. The van der Waals surface area contributed by atoms with Crippen LogP contribution in [-0.2, 0) is 4.74 Å². The summed E-state index contributed by atoms with van der Waals surface area (Å²) >= 11 is 0. The molecule has 2 rings (SSSR count). The highest BCUT2D eigenvalue weighted by atomic mass is 16.5. The van der Waals surface area contributed by atoms with Crippen molar-refractivity contribution in [3.05, 3.63) is 0 Å². The normalized spacial score (nSPS) is 32.6. The standard InChI is InChI=1S/C14H27NO/c1-3-13(10-15-12-7-8-12)16-14-6-4-5-11(2)9-14/h11-15H,3-10H2,1-2H3. The van der Waals surface area contributed by atoms with Gasteiger partial charge in [0.2, 0.25) is 0 Å². The summed E-state index contributed by atoms with van der Waals surface area (Å²) in [6.45, 7) is 5.66. The summed E-state index contributed by atoms with van der Waals surface area (Å²) in [7, 11) is 0. The number of ether oxygens (including phenoxy) is 1. The van der Waals surface area contributed by atoms with E-state index < -0.39 is 0 Å². The summed E-state index contributed by atoms with van der Waals surface area (Å²) in [5, 5.41) is 3.58. The Labute approximate surface area is 100 Å². The van der Waals surface area contributed by atoms with Crippen molar-refractivity contribution in [1.29, 1.82) is 0 Å². The van der Waals surface area contributed by atoms with E-state index in [0.29, 0.717) is 12.2 Å². The molecule has 1 N–H and O–H groups in total. The van der Waals surface area contributed by atoms with E-state index in [1.165, 1.54) is 38.5 Å². The quantitative estimate of drug-likeness (QED) is 0.750. The van der Waals surface area contributed by atoms with Crippen molar-refractivity contribution in [2.24, 2.45) is 5.92 Å². The second kappa shape index (κ2) is 6.02. The molecule has 2 aliphatic carbocycles. The second-order valence-corrected chi connectivity index (χ2v) is 5.74.